The van der Waals surface area contributed by atoms with Crippen LogP contribution in [0.5, 0.6) is 0 Å². The van der Waals surface area contributed by atoms with Gasteiger partial charge < -0.3 is 5.32 Å². The van der Waals surface area contributed by atoms with Crippen molar-refractivity contribution in [3.63, 3.8) is 0 Å². The molecule has 0 saturated carbocycles. The average Bonchev–Trinajstić information content (AvgIpc) is 2.89. The first-order chi connectivity index (χ1) is 9.03. The minimum atomic E-state index is 0.279. The monoisotopic (exact) mass is 280 g/mol. The van der Waals surface area contributed by atoms with Crippen LogP contribution in [0.3, 0.4) is 0 Å². The first-order valence-electron chi connectivity index (χ1n) is 7.53. The smallest absolute Gasteiger partial charge is 0.0278 e. The van der Waals surface area contributed by atoms with Crippen LogP contribution in [0.2, 0.25) is 0 Å². The lowest BCUT2D eigenvalue weighted by Gasteiger charge is -2.47. The molecule has 1 aliphatic rings. The predicted octanol–water partition coefficient (Wildman–Crippen LogP) is 3.39. The van der Waals surface area contributed by atoms with E-state index in [4.69, 9.17) is 0 Å². The first-order valence-corrected chi connectivity index (χ1v) is 8.41. The zero-order chi connectivity index (χ0) is 13.9. The summed E-state index contributed by atoms with van der Waals surface area (Å²) in [5, 5.41) is 5.92. The van der Waals surface area contributed by atoms with Crippen molar-refractivity contribution in [2.24, 2.45) is 5.92 Å². The molecular weight excluding hydrogens is 252 g/mol. The van der Waals surface area contributed by atoms with Gasteiger partial charge in [0.15, 0.2) is 0 Å². The second-order valence-corrected chi connectivity index (χ2v) is 7.49. The number of piperazine rings is 1. The fourth-order valence-electron chi connectivity index (χ4n) is 2.80. The quantitative estimate of drug-likeness (QED) is 0.889. The first kappa shape index (κ1) is 15.0. The van der Waals surface area contributed by atoms with E-state index >= 15 is 0 Å². The zero-order valence-corrected chi connectivity index (χ0v) is 13.6. The third kappa shape index (κ3) is 3.80. The lowest BCUT2D eigenvalue weighted by atomic mass is 9.90. The molecule has 0 radical (unpaired) electrons. The Kier molecular flexibility index (Phi) is 5.04. The van der Waals surface area contributed by atoms with Crippen LogP contribution >= 0.6 is 11.3 Å². The van der Waals surface area contributed by atoms with Crippen LogP contribution in [0.1, 0.15) is 39.0 Å². The molecule has 0 amide bonds. The molecule has 2 rings (SSSR count). The molecule has 3 heteroatoms. The highest BCUT2D eigenvalue weighted by Crippen LogP contribution is 2.23. The average molecular weight is 280 g/mol. The summed E-state index contributed by atoms with van der Waals surface area (Å²) in [6.45, 7) is 12.9. The highest BCUT2D eigenvalue weighted by atomic mass is 32.1. The Morgan fingerprint density at radius 1 is 1.53 bits per heavy atom. The molecular formula is C16H28N2S. The van der Waals surface area contributed by atoms with E-state index in [1.807, 2.05) is 11.3 Å². The molecule has 108 valence electrons. The number of rotatable bonds is 5. The zero-order valence-electron chi connectivity index (χ0n) is 12.8. The summed E-state index contributed by atoms with van der Waals surface area (Å²) < 4.78 is 0. The minimum absolute atomic E-state index is 0.279. The molecule has 2 unspecified atom stereocenters. The fraction of sp³-hybridized carbons (Fsp3) is 0.750. The van der Waals surface area contributed by atoms with E-state index in [1.54, 1.807) is 0 Å². The van der Waals surface area contributed by atoms with Crippen LogP contribution in [0.15, 0.2) is 17.5 Å². The molecule has 1 N–H and O–H groups in total. The molecule has 0 spiro atoms. The van der Waals surface area contributed by atoms with Crippen molar-refractivity contribution >= 4 is 11.3 Å². The van der Waals surface area contributed by atoms with Crippen LogP contribution < -0.4 is 5.32 Å². The Bertz CT molecular complexity index is 372. The highest BCUT2D eigenvalue weighted by Gasteiger charge is 2.34. The molecule has 1 fully saturated rings. The van der Waals surface area contributed by atoms with E-state index < -0.39 is 0 Å². The highest BCUT2D eigenvalue weighted by molar-refractivity contribution is 7.09. The summed E-state index contributed by atoms with van der Waals surface area (Å²) in [7, 11) is 0. The maximum atomic E-state index is 3.74. The maximum Gasteiger partial charge on any atom is 0.0278 e. The molecule has 1 saturated heterocycles. The summed E-state index contributed by atoms with van der Waals surface area (Å²) in [6.07, 6.45) is 2.45. The van der Waals surface area contributed by atoms with Gasteiger partial charge in [0, 0.05) is 36.1 Å². The van der Waals surface area contributed by atoms with Crippen LogP contribution in [0.25, 0.3) is 0 Å². The molecule has 1 aromatic heterocycles. The summed E-state index contributed by atoms with van der Waals surface area (Å²) in [5.74, 6) is 0.764. The van der Waals surface area contributed by atoms with Gasteiger partial charge in [-0.15, -0.1) is 11.3 Å². The second kappa shape index (κ2) is 6.38. The summed E-state index contributed by atoms with van der Waals surface area (Å²) in [5.41, 5.74) is 0.279. The standard InChI is InChI=1S/C16H28N2S/c1-5-13(2)15-11-18(16(3,4)12-17-15)9-8-14-7-6-10-19-14/h6-7,10,13,15,17H,5,8-9,11-12H2,1-4H3. The summed E-state index contributed by atoms with van der Waals surface area (Å²) in [6, 6.07) is 5.07. The van der Waals surface area contributed by atoms with Crippen molar-refractivity contribution in [1.82, 2.24) is 10.2 Å². The van der Waals surface area contributed by atoms with Gasteiger partial charge >= 0.3 is 0 Å². The Labute approximate surface area is 122 Å². The second-order valence-electron chi connectivity index (χ2n) is 6.46. The van der Waals surface area contributed by atoms with Crippen molar-refractivity contribution in [3.05, 3.63) is 22.4 Å². The number of hydrogen-bond acceptors (Lipinski definition) is 3. The summed E-state index contributed by atoms with van der Waals surface area (Å²) >= 11 is 1.88. The molecule has 2 heterocycles. The Hall–Kier alpha value is -0.380. The van der Waals surface area contributed by atoms with E-state index in [0.717, 1.165) is 12.5 Å². The van der Waals surface area contributed by atoms with Gasteiger partial charge in [-0.3, -0.25) is 4.90 Å². The van der Waals surface area contributed by atoms with Crippen molar-refractivity contribution in [2.75, 3.05) is 19.6 Å². The van der Waals surface area contributed by atoms with Gasteiger partial charge in [-0.1, -0.05) is 26.3 Å². The van der Waals surface area contributed by atoms with Crippen LogP contribution in [-0.4, -0.2) is 36.1 Å². The van der Waals surface area contributed by atoms with E-state index in [-0.39, 0.29) is 5.54 Å². The Morgan fingerprint density at radius 3 is 2.95 bits per heavy atom. The normalized spacial score (nSPS) is 25.4. The molecule has 0 aromatic carbocycles. The van der Waals surface area contributed by atoms with Crippen molar-refractivity contribution in [3.8, 4) is 0 Å². The van der Waals surface area contributed by atoms with Crippen molar-refractivity contribution in [2.45, 2.75) is 52.1 Å². The molecule has 0 bridgehead atoms. The number of nitrogens with zero attached hydrogens (tertiary/aromatic N) is 1. The van der Waals surface area contributed by atoms with E-state index in [1.165, 1.54) is 30.8 Å². The van der Waals surface area contributed by atoms with Gasteiger partial charge in [-0.25, -0.2) is 0 Å². The van der Waals surface area contributed by atoms with Gasteiger partial charge in [0.05, 0.1) is 0 Å². The largest absolute Gasteiger partial charge is 0.311 e. The van der Waals surface area contributed by atoms with E-state index in [0.29, 0.717) is 6.04 Å². The van der Waals surface area contributed by atoms with Gasteiger partial charge in [-0.05, 0) is 37.6 Å². The predicted molar refractivity (Wildman–Crippen MR) is 84.9 cm³/mol. The summed E-state index contributed by atoms with van der Waals surface area (Å²) in [4.78, 5) is 4.19. The number of nitrogens with one attached hydrogen (secondary N) is 1. The lowest BCUT2D eigenvalue weighted by molar-refractivity contribution is 0.0532. The van der Waals surface area contributed by atoms with Gasteiger partial charge in [0.1, 0.15) is 0 Å². The van der Waals surface area contributed by atoms with Crippen molar-refractivity contribution < 1.29 is 0 Å². The van der Waals surface area contributed by atoms with E-state index in [9.17, 15) is 0 Å². The molecule has 19 heavy (non-hydrogen) atoms. The third-order valence-corrected chi connectivity index (χ3v) is 5.55. The van der Waals surface area contributed by atoms with Crippen LogP contribution in [-0.2, 0) is 6.42 Å². The Balaban J connectivity index is 1.94. The Morgan fingerprint density at radius 2 is 2.32 bits per heavy atom. The number of hydrogen-bond donors (Lipinski definition) is 1. The van der Waals surface area contributed by atoms with Crippen LogP contribution in [0.4, 0.5) is 0 Å². The molecule has 1 aromatic rings. The fourth-order valence-corrected chi connectivity index (χ4v) is 3.50. The third-order valence-electron chi connectivity index (χ3n) is 4.61. The molecule has 2 atom stereocenters. The molecule has 0 aliphatic carbocycles. The van der Waals surface area contributed by atoms with Gasteiger partial charge in [-0.2, -0.15) is 0 Å². The minimum Gasteiger partial charge on any atom is -0.311 e. The van der Waals surface area contributed by atoms with Crippen molar-refractivity contribution in [1.29, 1.82) is 0 Å². The number of thiophene rings is 1. The van der Waals surface area contributed by atoms with E-state index in [2.05, 4.69) is 55.4 Å². The van der Waals surface area contributed by atoms with Gasteiger partial charge in [0.25, 0.3) is 0 Å². The van der Waals surface area contributed by atoms with Crippen LogP contribution in [0, 0.1) is 5.92 Å². The molecule has 2 nitrogen and oxygen atoms in total. The molecule has 1 aliphatic heterocycles. The maximum absolute atomic E-state index is 3.74. The SMILES string of the molecule is CCC(C)C1CN(CCc2cccs2)C(C)(C)CN1. The topological polar surface area (TPSA) is 15.3 Å². The lowest BCUT2D eigenvalue weighted by Crippen LogP contribution is -2.63. The van der Waals surface area contributed by atoms with Gasteiger partial charge in [0.2, 0.25) is 0 Å².